The van der Waals surface area contributed by atoms with Crippen LogP contribution in [0.5, 0.6) is 0 Å². The smallest absolute Gasteiger partial charge is 0.196 e. The van der Waals surface area contributed by atoms with E-state index in [1.807, 2.05) is 0 Å². The van der Waals surface area contributed by atoms with Crippen molar-refractivity contribution in [1.82, 2.24) is 0 Å². The molecule has 0 spiro atoms. The number of hydrogen-bond donors (Lipinski definition) is 0. The van der Waals surface area contributed by atoms with Crippen LogP contribution in [0.3, 0.4) is 0 Å². The molecule has 0 bridgehead atoms. The summed E-state index contributed by atoms with van der Waals surface area (Å²) in [6, 6.07) is 74.2. The summed E-state index contributed by atoms with van der Waals surface area (Å²) in [5.41, 5.74) is 70.7. The van der Waals surface area contributed by atoms with Crippen LogP contribution in [0, 0.1) is 128 Å². The standard InChI is InChI=1S/C119H50.2C10H15.2Ru/c1-36-8-22-43(23-9-36)113-92-67-61-53-50-51-52-54-56(53)69-79-64(61)71(92)90-91-98(113)86-83-73-66-74-87(86)104-110(91)119(49-34-20-42(7)21-35-49)105(90)101(79)114(44-24-10-37(2)11-25-44)93(69)68-57(54)62-59(52)77-76-58(51)60-55(50)63(67)70(94(83)113)82-78(60)100-103(76)118(48-32-18-41(6)19-33-48)102(77)99-75(62)72-65(68)80-88-84-85(97(74)117(104,109(88)112(119)106(80)114)47-30-16-40(5)17-31-47)89-81(66)107(115(100,96(73)82)45-26-12-38(3)13-27-45)111(118)108(89)116(99,95(72)84)46-28-14-39(4)15-29-46;2*1-6-7(2)9(4)10(5)8(6)3;;/h8-35,92H,1-7H3;2*1-5H3;;/q;2*-1;2*+1/t92-,113?,114?,115?,116+,117+,118+,119-;;;;/m1..../s1. The maximum Gasteiger partial charge on any atom is 1.00 e. The molecule has 0 amide bonds. The second kappa shape index (κ2) is 19.7. The minimum Gasteiger partial charge on any atom is -0.196 e. The first kappa shape index (κ1) is 72.7. The van der Waals surface area contributed by atoms with E-state index in [-0.39, 0.29) is 44.9 Å². The van der Waals surface area contributed by atoms with Gasteiger partial charge in [0.05, 0.1) is 37.9 Å². The van der Waals surface area contributed by atoms with Crippen molar-refractivity contribution in [3.05, 3.63) is 436 Å². The SMILES string of the molecule is Cc1c(C)c(C)[c-](C)c1C.Cc1c(C)c(C)[c-](C)c1C.Cc1ccc(C23C4=C5C6=c7c4c4c8c9c7=c7c%10c%11c%12c(c%13c%14c%15c(c2c2c%16c3c4c3c4c%16c%16c%17c%18c%19c%20c%21c%22c%23c%19c%19c%24c(c%11c%11c(c%25c(c7%11)[C@]9(c7ccc(C)cc7)c7c(c-%21c(c3c78)C4(c3ccc(C)cc3)[C@@H]%20%17)[C@@]%22%25c3ccc(C)cc3)C%23%24c3ccc(C)cc3)c3c%12c%14c4c3c%19c%18c3c%16c2c%15c34)[C@@]5%13c2ccc(C)cc2)[C@@]6%10c2ccc(C)cc2)cc1.[Ru+].[Ru+]. The topological polar surface area (TPSA) is 0 Å². The van der Waals surface area contributed by atoms with E-state index in [0.717, 1.165) is 0 Å². The van der Waals surface area contributed by atoms with Crippen molar-refractivity contribution in [3.63, 3.8) is 0 Å². The summed E-state index contributed by atoms with van der Waals surface area (Å²) in [6.45, 7) is 38.6. The third-order valence-corrected chi connectivity index (χ3v) is 45.2. The van der Waals surface area contributed by atoms with E-state index in [9.17, 15) is 0 Å². The van der Waals surface area contributed by atoms with Crippen molar-refractivity contribution in [3.8, 4) is 11.1 Å². The summed E-state index contributed by atoms with van der Waals surface area (Å²) in [4.78, 5) is 0. The van der Waals surface area contributed by atoms with Gasteiger partial charge in [0, 0.05) is 5.92 Å². The molecule has 27 aromatic carbocycles. The molecule has 0 nitrogen and oxygen atoms in total. The predicted octanol–water partition coefficient (Wildman–Crippen LogP) is 31.7. The number of allylic oxidation sites excluding steroid dienone is 2. The Labute approximate surface area is 834 Å². The van der Waals surface area contributed by atoms with Crippen LogP contribution in [0.1, 0.15) is 251 Å². The third kappa shape index (κ3) is 5.43. The fourth-order valence-electron chi connectivity index (χ4n) is 40.7. The van der Waals surface area contributed by atoms with Crippen LogP contribution in [0.4, 0.5) is 0 Å². The molecule has 0 N–H and O–H groups in total. The van der Waals surface area contributed by atoms with E-state index in [4.69, 9.17) is 0 Å². The number of rotatable bonds is 7. The quantitative estimate of drug-likeness (QED) is 0.0646. The Morgan fingerprint density at radius 3 is 0.858 bits per heavy atom. The summed E-state index contributed by atoms with van der Waals surface area (Å²) >= 11 is 0. The Kier molecular flexibility index (Phi) is 10.2. The van der Waals surface area contributed by atoms with Gasteiger partial charge in [-0.1, -0.05) is 278 Å². The Bertz CT molecular complexity index is 11700. The molecule has 19 aliphatic carbocycles. The van der Waals surface area contributed by atoms with Crippen LogP contribution in [0.25, 0.3) is 205 Å². The van der Waals surface area contributed by atoms with E-state index in [1.54, 1.807) is 338 Å². The van der Waals surface area contributed by atoms with Gasteiger partial charge in [0.1, 0.15) is 0 Å². The second-order valence-corrected chi connectivity index (χ2v) is 48.4. The van der Waals surface area contributed by atoms with Crippen LogP contribution < -0.4 is 5.22 Å². The van der Waals surface area contributed by atoms with Gasteiger partial charge < -0.3 is 0 Å². The van der Waals surface area contributed by atoms with E-state index >= 15 is 0 Å². The molecule has 3 unspecified atom stereocenters. The Morgan fingerprint density at radius 1 is 0.170 bits per heavy atom. The molecule has 141 heavy (non-hydrogen) atoms. The van der Waals surface area contributed by atoms with Gasteiger partial charge in [0.25, 0.3) is 0 Å². The van der Waals surface area contributed by atoms with Crippen molar-refractivity contribution in [2.75, 3.05) is 0 Å². The molecule has 0 saturated heterocycles. The van der Waals surface area contributed by atoms with Crippen molar-refractivity contribution in [2.45, 2.75) is 162 Å². The van der Waals surface area contributed by atoms with Crippen LogP contribution in [0.2, 0.25) is 0 Å². The Morgan fingerprint density at radius 2 is 0.418 bits per heavy atom. The molecular formula is C139H80Ru2. The first-order valence-electron chi connectivity index (χ1n) is 51.9. The van der Waals surface area contributed by atoms with Crippen LogP contribution in [-0.4, -0.2) is 0 Å². The van der Waals surface area contributed by atoms with Gasteiger partial charge in [0.15, 0.2) is 0 Å². The summed E-state index contributed by atoms with van der Waals surface area (Å²) in [5, 5.41) is 59.9. The normalized spacial score (nSPS) is 23.6. The van der Waals surface area contributed by atoms with Gasteiger partial charge in [-0.05, 0) is 425 Å². The van der Waals surface area contributed by atoms with Crippen LogP contribution in [-0.2, 0) is 76.9 Å². The molecule has 0 heterocycles. The van der Waals surface area contributed by atoms with Crippen LogP contribution >= 0.6 is 0 Å². The largest absolute Gasteiger partial charge is 1.00 e. The third-order valence-electron chi connectivity index (χ3n) is 45.2. The molecule has 652 valence electrons. The number of hydrogen-bond acceptors (Lipinski definition) is 0. The molecular weight excluding hydrogens is 1870 g/mol. The van der Waals surface area contributed by atoms with Gasteiger partial charge in [-0.2, -0.15) is 55.6 Å². The zero-order valence-corrected chi connectivity index (χ0v) is 84.4. The summed E-state index contributed by atoms with van der Waals surface area (Å²) < 4.78 is 0. The zero-order valence-electron chi connectivity index (χ0n) is 81.0. The molecule has 46 rings (SSSR count). The fraction of sp³-hybridized carbons (Fsp3) is 0.180. The predicted molar refractivity (Wildman–Crippen MR) is 573 cm³/mol. The number of benzene rings is 22. The molecule has 19 aliphatic rings. The molecule has 0 fully saturated rings. The molecule has 8 atom stereocenters. The first-order valence-corrected chi connectivity index (χ1v) is 51.9. The van der Waals surface area contributed by atoms with Crippen molar-refractivity contribution in [2.24, 2.45) is 0 Å². The average molecular weight is 1950 g/mol. The van der Waals surface area contributed by atoms with Crippen molar-refractivity contribution >= 4 is 194 Å². The zero-order chi connectivity index (χ0) is 90.5. The molecule has 2 radical (unpaired) electrons. The van der Waals surface area contributed by atoms with Gasteiger partial charge in [0.2, 0.25) is 0 Å². The van der Waals surface area contributed by atoms with Gasteiger partial charge >= 0.3 is 39.0 Å². The Balaban J connectivity index is 0.000000322. The number of aryl methyl sites for hydroxylation is 7. The van der Waals surface area contributed by atoms with Crippen molar-refractivity contribution in [1.29, 1.82) is 0 Å². The molecule has 0 aliphatic heterocycles. The Hall–Kier alpha value is -13.6. The maximum absolute atomic E-state index is 2.74. The monoisotopic (exact) mass is 1950 g/mol. The summed E-state index contributed by atoms with van der Waals surface area (Å²) in [6.07, 6.45) is 0. The van der Waals surface area contributed by atoms with E-state index in [0.29, 0.717) is 0 Å². The minimum absolute atomic E-state index is 0. The van der Waals surface area contributed by atoms with E-state index in [1.165, 1.54) is 134 Å². The summed E-state index contributed by atoms with van der Waals surface area (Å²) in [7, 11) is 0. The van der Waals surface area contributed by atoms with Gasteiger partial charge in [-0.3, -0.25) is 0 Å². The van der Waals surface area contributed by atoms with Crippen LogP contribution in [0.15, 0.2) is 175 Å². The maximum atomic E-state index is 2.74. The average Bonchev–Trinajstić information content (AvgIpc) is 1.37. The van der Waals surface area contributed by atoms with Gasteiger partial charge in [-0.25, -0.2) is 0 Å². The minimum atomic E-state index is -0.764. The molecule has 0 aromatic heterocycles. The summed E-state index contributed by atoms with van der Waals surface area (Å²) in [5.74, 6) is -0.00366. The fourth-order valence-corrected chi connectivity index (χ4v) is 40.7. The van der Waals surface area contributed by atoms with Crippen molar-refractivity contribution < 1.29 is 39.0 Å². The molecule has 0 saturated carbocycles. The first-order chi connectivity index (χ1) is 67.7. The van der Waals surface area contributed by atoms with Gasteiger partial charge in [-0.15, -0.1) is 0 Å². The molecule has 27 aromatic rings. The van der Waals surface area contributed by atoms with E-state index in [2.05, 4.69) is 288 Å². The molecule has 2 heteroatoms. The second-order valence-electron chi connectivity index (χ2n) is 48.4. The van der Waals surface area contributed by atoms with E-state index < -0.39 is 37.9 Å².